The summed E-state index contributed by atoms with van der Waals surface area (Å²) in [5.74, 6) is -2.90. The van der Waals surface area contributed by atoms with Crippen molar-refractivity contribution in [1.29, 1.82) is 10.5 Å². The summed E-state index contributed by atoms with van der Waals surface area (Å²) in [6.45, 7) is 0. The Kier molecular flexibility index (Phi) is 3.08. The van der Waals surface area contributed by atoms with Crippen LogP contribution in [0.5, 0.6) is 5.75 Å². The zero-order chi connectivity index (χ0) is 11.6. The molecular formula is C9H3ClF2N2O. The standard InChI is InChI=1S/C9H3ClF2N2O/c1-15-9-5(3-14)7(11)4(2-13)8(12)6(9)10/h1H3. The number of benzene rings is 1. The second-order valence-electron chi connectivity index (χ2n) is 2.45. The van der Waals surface area contributed by atoms with Gasteiger partial charge >= 0.3 is 0 Å². The van der Waals surface area contributed by atoms with Crippen molar-refractivity contribution in [2.75, 3.05) is 7.11 Å². The SMILES string of the molecule is COc1c(Cl)c(F)c(C#N)c(F)c1C#N. The molecule has 15 heavy (non-hydrogen) atoms. The molecule has 0 aromatic heterocycles. The predicted octanol–water partition coefficient (Wildman–Crippen LogP) is 2.37. The van der Waals surface area contributed by atoms with E-state index in [1.54, 1.807) is 0 Å². The molecule has 76 valence electrons. The van der Waals surface area contributed by atoms with Crippen LogP contribution in [0.3, 0.4) is 0 Å². The number of rotatable bonds is 1. The van der Waals surface area contributed by atoms with Crippen molar-refractivity contribution in [3.05, 3.63) is 27.8 Å². The van der Waals surface area contributed by atoms with Gasteiger partial charge in [-0.05, 0) is 0 Å². The normalized spacial score (nSPS) is 9.20. The zero-order valence-corrected chi connectivity index (χ0v) is 8.19. The average molecular weight is 229 g/mol. The van der Waals surface area contributed by atoms with Crippen LogP contribution in [-0.4, -0.2) is 7.11 Å². The molecule has 1 aromatic carbocycles. The number of ether oxygens (including phenoxy) is 1. The van der Waals surface area contributed by atoms with E-state index >= 15 is 0 Å². The molecular weight excluding hydrogens is 226 g/mol. The summed E-state index contributed by atoms with van der Waals surface area (Å²) in [7, 11) is 1.12. The second kappa shape index (κ2) is 4.12. The molecule has 6 heteroatoms. The third-order valence-corrected chi connectivity index (χ3v) is 2.04. The van der Waals surface area contributed by atoms with E-state index in [2.05, 4.69) is 4.74 Å². The number of hydrogen-bond donors (Lipinski definition) is 0. The maximum Gasteiger partial charge on any atom is 0.166 e. The minimum absolute atomic E-state index is 0.409. The van der Waals surface area contributed by atoms with Crippen LogP contribution in [0.2, 0.25) is 5.02 Å². The first-order valence-corrected chi connectivity index (χ1v) is 4.00. The fraction of sp³-hybridized carbons (Fsp3) is 0.111. The highest BCUT2D eigenvalue weighted by Gasteiger charge is 2.24. The van der Waals surface area contributed by atoms with E-state index < -0.39 is 33.5 Å². The van der Waals surface area contributed by atoms with E-state index in [0.29, 0.717) is 0 Å². The topological polar surface area (TPSA) is 56.8 Å². The molecule has 1 rings (SSSR count). The van der Waals surface area contributed by atoms with Crippen molar-refractivity contribution in [2.45, 2.75) is 0 Å². The first-order chi connectivity index (χ1) is 7.08. The summed E-state index contributed by atoms with van der Waals surface area (Å²) >= 11 is 5.46. The molecule has 0 saturated carbocycles. The van der Waals surface area contributed by atoms with Crippen molar-refractivity contribution in [1.82, 2.24) is 0 Å². The number of nitriles is 2. The first kappa shape index (κ1) is 11.2. The molecule has 0 fully saturated rings. The largest absolute Gasteiger partial charge is 0.494 e. The molecule has 0 amide bonds. The second-order valence-corrected chi connectivity index (χ2v) is 2.83. The zero-order valence-electron chi connectivity index (χ0n) is 7.44. The van der Waals surface area contributed by atoms with E-state index in [9.17, 15) is 8.78 Å². The predicted molar refractivity (Wildman–Crippen MR) is 47.4 cm³/mol. The van der Waals surface area contributed by atoms with E-state index in [1.165, 1.54) is 12.1 Å². The molecule has 0 bridgehead atoms. The average Bonchev–Trinajstić information content (AvgIpc) is 2.23. The lowest BCUT2D eigenvalue weighted by atomic mass is 10.1. The lowest BCUT2D eigenvalue weighted by molar-refractivity contribution is 0.405. The first-order valence-electron chi connectivity index (χ1n) is 3.63. The Morgan fingerprint density at radius 2 is 1.67 bits per heavy atom. The Morgan fingerprint density at radius 1 is 1.13 bits per heavy atom. The molecule has 3 nitrogen and oxygen atoms in total. The maximum absolute atomic E-state index is 13.3. The summed E-state index contributed by atoms with van der Waals surface area (Å²) in [6, 6.07) is 2.74. The van der Waals surface area contributed by atoms with Crippen LogP contribution in [0.1, 0.15) is 11.1 Å². The number of halogens is 3. The number of hydrogen-bond acceptors (Lipinski definition) is 3. The minimum atomic E-state index is -1.27. The van der Waals surface area contributed by atoms with Gasteiger partial charge in [-0.15, -0.1) is 0 Å². The number of nitrogens with zero attached hydrogens (tertiary/aromatic N) is 2. The Bertz CT molecular complexity index is 499. The fourth-order valence-corrected chi connectivity index (χ4v) is 1.30. The molecule has 0 aliphatic rings. The van der Waals surface area contributed by atoms with Gasteiger partial charge in [-0.2, -0.15) is 10.5 Å². The van der Waals surface area contributed by atoms with Gasteiger partial charge in [-0.1, -0.05) is 11.6 Å². The van der Waals surface area contributed by atoms with Crippen molar-refractivity contribution in [2.24, 2.45) is 0 Å². The molecule has 0 N–H and O–H groups in total. The molecule has 0 spiro atoms. The quantitative estimate of drug-likeness (QED) is 0.694. The van der Waals surface area contributed by atoms with Crippen LogP contribution in [-0.2, 0) is 0 Å². The van der Waals surface area contributed by atoms with Crippen LogP contribution < -0.4 is 4.74 Å². The molecule has 1 aromatic rings. The number of methoxy groups -OCH3 is 1. The van der Waals surface area contributed by atoms with Gasteiger partial charge in [-0.3, -0.25) is 0 Å². The van der Waals surface area contributed by atoms with Gasteiger partial charge in [0, 0.05) is 0 Å². The Hall–Kier alpha value is -1.85. The third-order valence-electron chi connectivity index (χ3n) is 1.71. The molecule has 0 unspecified atom stereocenters. The molecule has 0 aliphatic heterocycles. The lowest BCUT2D eigenvalue weighted by Gasteiger charge is -2.08. The van der Waals surface area contributed by atoms with Crippen LogP contribution in [0.25, 0.3) is 0 Å². The van der Waals surface area contributed by atoms with E-state index in [-0.39, 0.29) is 0 Å². The highest BCUT2D eigenvalue weighted by molar-refractivity contribution is 6.32. The van der Waals surface area contributed by atoms with Crippen molar-refractivity contribution >= 4 is 11.6 Å². The van der Waals surface area contributed by atoms with Gasteiger partial charge < -0.3 is 4.74 Å². The Labute approximate surface area is 89.1 Å². The van der Waals surface area contributed by atoms with Gasteiger partial charge in [0.1, 0.15) is 28.3 Å². The highest BCUT2D eigenvalue weighted by Crippen LogP contribution is 2.35. The molecule has 0 heterocycles. The lowest BCUT2D eigenvalue weighted by Crippen LogP contribution is -2.00. The van der Waals surface area contributed by atoms with Crippen LogP contribution in [0.4, 0.5) is 8.78 Å². The summed E-state index contributed by atoms with van der Waals surface area (Å²) in [5, 5.41) is 16.5. The smallest absolute Gasteiger partial charge is 0.166 e. The summed E-state index contributed by atoms with van der Waals surface area (Å²) in [6.07, 6.45) is 0. The Morgan fingerprint density at radius 3 is 2.07 bits per heavy atom. The highest BCUT2D eigenvalue weighted by atomic mass is 35.5. The van der Waals surface area contributed by atoms with Crippen molar-refractivity contribution < 1.29 is 13.5 Å². The fourth-order valence-electron chi connectivity index (χ4n) is 1.03. The van der Waals surface area contributed by atoms with E-state index in [0.717, 1.165) is 7.11 Å². The van der Waals surface area contributed by atoms with E-state index in [4.69, 9.17) is 22.1 Å². The summed E-state index contributed by atoms with van der Waals surface area (Å²) in [4.78, 5) is 0. The third kappa shape index (κ3) is 1.58. The van der Waals surface area contributed by atoms with Crippen LogP contribution in [0.15, 0.2) is 0 Å². The minimum Gasteiger partial charge on any atom is -0.494 e. The van der Waals surface area contributed by atoms with Gasteiger partial charge in [0.15, 0.2) is 17.4 Å². The summed E-state index contributed by atoms with van der Waals surface area (Å²) in [5.41, 5.74) is -1.47. The van der Waals surface area contributed by atoms with Crippen LogP contribution >= 0.6 is 11.6 Å². The molecule has 0 atom stereocenters. The Balaban J connectivity index is 3.77. The van der Waals surface area contributed by atoms with Gasteiger partial charge in [0.25, 0.3) is 0 Å². The maximum atomic E-state index is 13.3. The van der Waals surface area contributed by atoms with Crippen LogP contribution in [0, 0.1) is 34.3 Å². The molecule has 0 radical (unpaired) electrons. The van der Waals surface area contributed by atoms with Crippen molar-refractivity contribution in [3.8, 4) is 17.9 Å². The van der Waals surface area contributed by atoms with Gasteiger partial charge in [-0.25, -0.2) is 8.78 Å². The molecule has 0 saturated heterocycles. The van der Waals surface area contributed by atoms with Gasteiger partial charge in [0.05, 0.1) is 7.11 Å². The van der Waals surface area contributed by atoms with E-state index in [1.807, 2.05) is 0 Å². The monoisotopic (exact) mass is 228 g/mol. The summed E-state index contributed by atoms with van der Waals surface area (Å²) < 4.78 is 31.2. The molecule has 0 aliphatic carbocycles. The van der Waals surface area contributed by atoms with Gasteiger partial charge in [0.2, 0.25) is 0 Å². The van der Waals surface area contributed by atoms with Crippen molar-refractivity contribution in [3.63, 3.8) is 0 Å².